The van der Waals surface area contributed by atoms with Crippen LogP contribution in [0.4, 0.5) is 0 Å². The minimum atomic E-state index is 0.00808. The van der Waals surface area contributed by atoms with Gasteiger partial charge >= 0.3 is 0 Å². The standard InChI is InChI=1S/C43H68N2/c1-4-6-8-10-11-12-13-14-15-16-17-18-19-20-21-28-34-41(42-44-35-37-45(42)36-29-9-7-5-2)43(3,40-32-26-23-27-33-40)38-39-30-24-22-25-31-39/h22-27,30-33,35,37,41H,4-21,28-29,34,36,38H2,1-3H3/p+1. The fourth-order valence-electron chi connectivity index (χ4n) is 7.50. The first kappa shape index (κ1) is 37.1. The van der Waals surface area contributed by atoms with Gasteiger partial charge in [0.15, 0.2) is 0 Å². The highest BCUT2D eigenvalue weighted by Gasteiger charge is 2.41. The molecule has 0 saturated carbocycles. The third-order valence-electron chi connectivity index (χ3n) is 10.3. The Balaban J connectivity index is 1.54. The highest BCUT2D eigenvalue weighted by molar-refractivity contribution is 5.32. The molecule has 0 aliphatic rings. The summed E-state index contributed by atoms with van der Waals surface area (Å²) in [6.45, 7) is 8.26. The van der Waals surface area contributed by atoms with E-state index in [4.69, 9.17) is 0 Å². The molecule has 1 N–H and O–H groups in total. The number of nitrogens with zero attached hydrogens (tertiary/aromatic N) is 1. The van der Waals surface area contributed by atoms with Crippen molar-refractivity contribution in [3.8, 4) is 0 Å². The molecule has 2 heteroatoms. The number of benzene rings is 2. The quantitative estimate of drug-likeness (QED) is 0.0652. The number of imidazole rings is 1. The van der Waals surface area contributed by atoms with Crippen molar-refractivity contribution in [2.24, 2.45) is 0 Å². The number of H-pyrrole nitrogens is 1. The lowest BCUT2D eigenvalue weighted by Gasteiger charge is -2.37. The summed E-state index contributed by atoms with van der Waals surface area (Å²) in [7, 11) is 0. The molecule has 1 aromatic heterocycles. The van der Waals surface area contributed by atoms with Crippen LogP contribution in [0.5, 0.6) is 0 Å². The van der Waals surface area contributed by atoms with E-state index in [0.29, 0.717) is 5.92 Å². The van der Waals surface area contributed by atoms with Gasteiger partial charge in [-0.05, 0) is 36.8 Å². The van der Waals surface area contributed by atoms with Crippen LogP contribution in [0.25, 0.3) is 0 Å². The van der Waals surface area contributed by atoms with E-state index in [1.807, 2.05) is 0 Å². The van der Waals surface area contributed by atoms with Gasteiger partial charge < -0.3 is 0 Å². The number of aromatic nitrogens is 2. The molecule has 0 radical (unpaired) electrons. The van der Waals surface area contributed by atoms with Crippen LogP contribution in [0.3, 0.4) is 0 Å². The molecule has 1 heterocycles. The molecule has 0 aliphatic carbocycles. The normalized spacial score (nSPS) is 13.6. The summed E-state index contributed by atoms with van der Waals surface area (Å²) < 4.78 is 2.55. The monoisotopic (exact) mass is 614 g/mol. The molecular weight excluding hydrogens is 544 g/mol. The van der Waals surface area contributed by atoms with E-state index in [-0.39, 0.29) is 5.41 Å². The Hall–Kier alpha value is -2.35. The minimum absolute atomic E-state index is 0.00808. The lowest BCUT2D eigenvalue weighted by Crippen LogP contribution is -2.43. The molecule has 0 fully saturated rings. The van der Waals surface area contributed by atoms with Crippen LogP contribution in [0.1, 0.15) is 178 Å². The number of unbranched alkanes of at least 4 members (excludes halogenated alkanes) is 18. The highest BCUT2D eigenvalue weighted by Crippen LogP contribution is 2.43. The van der Waals surface area contributed by atoms with E-state index >= 15 is 0 Å². The van der Waals surface area contributed by atoms with E-state index in [2.05, 4.69) is 103 Å². The van der Waals surface area contributed by atoms with Gasteiger partial charge in [0.25, 0.3) is 5.82 Å². The van der Waals surface area contributed by atoms with Crippen LogP contribution < -0.4 is 4.57 Å². The van der Waals surface area contributed by atoms with Crippen molar-refractivity contribution in [2.45, 2.75) is 180 Å². The molecule has 3 aromatic rings. The largest absolute Gasteiger partial charge is 0.258 e. The van der Waals surface area contributed by atoms with Crippen LogP contribution in [0, 0.1) is 0 Å². The third kappa shape index (κ3) is 13.9. The molecule has 0 spiro atoms. The number of nitrogens with one attached hydrogen (secondary N) is 1. The molecular formula is C43H69N2+. The average Bonchev–Trinajstić information content (AvgIpc) is 3.53. The molecule has 0 bridgehead atoms. The third-order valence-corrected chi connectivity index (χ3v) is 10.3. The average molecular weight is 614 g/mol. The Morgan fingerprint density at radius 2 is 1.04 bits per heavy atom. The van der Waals surface area contributed by atoms with Gasteiger partial charge in [-0.2, -0.15) is 0 Å². The van der Waals surface area contributed by atoms with Crippen LogP contribution in [0.2, 0.25) is 0 Å². The molecule has 0 saturated heterocycles. The van der Waals surface area contributed by atoms with Crippen molar-refractivity contribution >= 4 is 0 Å². The van der Waals surface area contributed by atoms with Crippen LogP contribution >= 0.6 is 0 Å². The summed E-state index contributed by atoms with van der Waals surface area (Å²) in [5, 5.41) is 0. The molecule has 45 heavy (non-hydrogen) atoms. The van der Waals surface area contributed by atoms with E-state index in [0.717, 1.165) is 13.0 Å². The molecule has 2 atom stereocenters. The fraction of sp³-hybridized carbons (Fsp3) is 0.651. The van der Waals surface area contributed by atoms with E-state index in [1.165, 1.54) is 152 Å². The first-order valence-electron chi connectivity index (χ1n) is 19.3. The number of aryl methyl sites for hydroxylation is 1. The number of hydrogen-bond donors (Lipinski definition) is 1. The van der Waals surface area contributed by atoms with Gasteiger partial charge in [-0.25, -0.2) is 9.55 Å². The smallest absolute Gasteiger partial charge is 0.247 e. The zero-order chi connectivity index (χ0) is 31.8. The molecule has 0 amide bonds. The van der Waals surface area contributed by atoms with Crippen LogP contribution in [-0.2, 0) is 18.4 Å². The Morgan fingerprint density at radius 1 is 0.578 bits per heavy atom. The summed E-state index contributed by atoms with van der Waals surface area (Å²) in [5.74, 6) is 1.86. The Morgan fingerprint density at radius 3 is 1.58 bits per heavy atom. The lowest BCUT2D eigenvalue weighted by molar-refractivity contribution is -0.705. The number of aromatic amines is 1. The Labute approximate surface area is 278 Å². The predicted molar refractivity (Wildman–Crippen MR) is 196 cm³/mol. The topological polar surface area (TPSA) is 19.7 Å². The van der Waals surface area contributed by atoms with E-state index < -0.39 is 0 Å². The predicted octanol–water partition coefficient (Wildman–Crippen LogP) is 12.8. The van der Waals surface area contributed by atoms with Gasteiger partial charge in [-0.1, -0.05) is 197 Å². The maximum Gasteiger partial charge on any atom is 0.258 e. The van der Waals surface area contributed by atoms with Gasteiger partial charge in [0.2, 0.25) is 0 Å². The molecule has 250 valence electrons. The summed E-state index contributed by atoms with van der Waals surface area (Å²) in [6.07, 6.45) is 34.7. The van der Waals surface area contributed by atoms with Crippen molar-refractivity contribution in [1.29, 1.82) is 0 Å². The van der Waals surface area contributed by atoms with Gasteiger partial charge in [-0.15, -0.1) is 0 Å². The molecule has 3 rings (SSSR count). The van der Waals surface area contributed by atoms with E-state index in [1.54, 1.807) is 0 Å². The van der Waals surface area contributed by atoms with Crippen LogP contribution in [0.15, 0.2) is 73.1 Å². The van der Waals surface area contributed by atoms with Crippen LogP contribution in [-0.4, -0.2) is 4.98 Å². The molecule has 0 aliphatic heterocycles. The van der Waals surface area contributed by atoms with Crippen molar-refractivity contribution in [3.63, 3.8) is 0 Å². The highest BCUT2D eigenvalue weighted by atomic mass is 15.1. The van der Waals surface area contributed by atoms with Crippen molar-refractivity contribution in [3.05, 3.63) is 90.0 Å². The second-order valence-corrected chi connectivity index (χ2v) is 14.2. The van der Waals surface area contributed by atoms with E-state index in [9.17, 15) is 0 Å². The Kier molecular flexibility index (Phi) is 19.0. The van der Waals surface area contributed by atoms with Crippen molar-refractivity contribution < 1.29 is 4.57 Å². The molecule has 2 nitrogen and oxygen atoms in total. The second-order valence-electron chi connectivity index (χ2n) is 14.2. The van der Waals surface area contributed by atoms with Crippen molar-refractivity contribution in [2.75, 3.05) is 0 Å². The van der Waals surface area contributed by atoms with Gasteiger partial charge in [0.05, 0.1) is 12.5 Å². The zero-order valence-corrected chi connectivity index (χ0v) is 29.7. The summed E-state index contributed by atoms with van der Waals surface area (Å²) in [4.78, 5) is 3.78. The maximum atomic E-state index is 3.78. The van der Waals surface area contributed by atoms with Gasteiger partial charge in [-0.3, -0.25) is 0 Å². The first-order chi connectivity index (χ1) is 22.2. The summed E-state index contributed by atoms with van der Waals surface area (Å²) >= 11 is 0. The Bertz CT molecular complexity index is 1090. The lowest BCUT2D eigenvalue weighted by atomic mass is 9.66. The zero-order valence-electron chi connectivity index (χ0n) is 29.7. The number of hydrogen-bond acceptors (Lipinski definition) is 0. The number of rotatable bonds is 27. The fourth-order valence-corrected chi connectivity index (χ4v) is 7.50. The molecule has 2 aromatic carbocycles. The maximum absolute atomic E-state index is 3.78. The second kappa shape index (κ2) is 23.0. The van der Waals surface area contributed by atoms with Gasteiger partial charge in [0.1, 0.15) is 12.4 Å². The SMILES string of the molecule is CCCCCCCCCCCCCCCCCCC(c1[nH]cc[n+]1CCCCCC)C(C)(Cc1ccccc1)c1ccccc1. The summed E-state index contributed by atoms with van der Waals surface area (Å²) in [5.41, 5.74) is 2.90. The van der Waals surface area contributed by atoms with Gasteiger partial charge in [0, 0.05) is 5.41 Å². The first-order valence-corrected chi connectivity index (χ1v) is 19.3. The summed E-state index contributed by atoms with van der Waals surface area (Å²) in [6, 6.07) is 22.6. The van der Waals surface area contributed by atoms with Crippen molar-refractivity contribution in [1.82, 2.24) is 4.98 Å². The molecule has 2 unspecified atom stereocenters. The minimum Gasteiger partial charge on any atom is -0.247 e.